The molecule has 2 rings (SSSR count). The summed E-state index contributed by atoms with van der Waals surface area (Å²) in [5, 5.41) is 0. The number of rotatable bonds is 12. The Kier molecular flexibility index (Phi) is 7.94. The van der Waals surface area contributed by atoms with Crippen LogP contribution in [0.5, 0.6) is 0 Å². The first-order chi connectivity index (χ1) is 12.6. The molecule has 2 heterocycles. The predicted octanol–water partition coefficient (Wildman–Crippen LogP) is 3.94. The van der Waals surface area contributed by atoms with Crippen LogP contribution in [0.25, 0.3) is 0 Å². The highest BCUT2D eigenvalue weighted by Gasteiger charge is 2.30. The Labute approximate surface area is 156 Å². The molecule has 1 atom stereocenters. The number of nitrogen functional groups attached to an aromatic ring is 2. The molecule has 4 N–H and O–H groups in total. The second-order valence-corrected chi connectivity index (χ2v) is 7.05. The maximum atomic E-state index is 5.65. The zero-order valence-corrected chi connectivity index (χ0v) is 16.2. The molecule has 1 unspecified atom stereocenters. The first-order valence-electron chi connectivity index (χ1n) is 10.0. The minimum atomic E-state index is -0.382. The molecule has 144 valence electrons. The van der Waals surface area contributed by atoms with E-state index >= 15 is 0 Å². The van der Waals surface area contributed by atoms with Crippen LogP contribution in [-0.2, 0) is 0 Å². The van der Waals surface area contributed by atoms with Gasteiger partial charge in [-0.3, -0.25) is 9.98 Å². The summed E-state index contributed by atoms with van der Waals surface area (Å²) >= 11 is 0. The summed E-state index contributed by atoms with van der Waals surface area (Å²) in [4.78, 5) is 21.5. The Hall–Kier alpha value is -2.05. The zero-order chi connectivity index (χ0) is 18.8. The lowest BCUT2D eigenvalue weighted by atomic mass is 9.99. The van der Waals surface area contributed by atoms with Crippen LogP contribution < -0.4 is 11.5 Å². The minimum Gasteiger partial charge on any atom is -0.368 e. The standard InChI is InChI=1S/C19H33N7/c1-3-5-6-7-8-9-10-11-12-13-19(4-2)22-14-15(26-19)16-23-17(20)25-18(21)24-16/h14H,3-13H2,1-2H3,(H4,20,21,23,24,25). The van der Waals surface area contributed by atoms with Gasteiger partial charge in [0.05, 0.1) is 6.21 Å². The van der Waals surface area contributed by atoms with Crippen molar-refractivity contribution in [3.8, 4) is 0 Å². The van der Waals surface area contributed by atoms with Gasteiger partial charge >= 0.3 is 0 Å². The lowest BCUT2D eigenvalue weighted by molar-refractivity contribution is 0.387. The molecule has 1 aromatic heterocycles. The molecule has 7 heteroatoms. The average Bonchev–Trinajstić information content (AvgIpc) is 3.05. The van der Waals surface area contributed by atoms with E-state index in [1.54, 1.807) is 6.21 Å². The number of unbranched alkanes of at least 4 members (excludes halogenated alkanes) is 8. The van der Waals surface area contributed by atoms with Crippen LogP contribution in [0.3, 0.4) is 0 Å². The largest absolute Gasteiger partial charge is 0.368 e. The lowest BCUT2D eigenvalue weighted by Gasteiger charge is -2.21. The van der Waals surface area contributed by atoms with E-state index in [0.29, 0.717) is 11.5 Å². The lowest BCUT2D eigenvalue weighted by Crippen LogP contribution is -2.21. The molecule has 26 heavy (non-hydrogen) atoms. The number of aromatic nitrogens is 3. The molecular weight excluding hydrogens is 326 g/mol. The molecule has 0 aliphatic carbocycles. The smallest absolute Gasteiger partial charge is 0.225 e. The van der Waals surface area contributed by atoms with E-state index in [0.717, 1.165) is 19.3 Å². The molecule has 0 bridgehead atoms. The van der Waals surface area contributed by atoms with Crippen LogP contribution >= 0.6 is 0 Å². The van der Waals surface area contributed by atoms with Crippen LogP contribution in [0.1, 0.15) is 90.3 Å². The molecular formula is C19H33N7. The number of hydrogen-bond donors (Lipinski definition) is 2. The third kappa shape index (κ3) is 6.04. The topological polar surface area (TPSA) is 115 Å². The fourth-order valence-electron chi connectivity index (χ4n) is 3.28. The van der Waals surface area contributed by atoms with Gasteiger partial charge < -0.3 is 11.5 Å². The molecule has 1 aliphatic rings. The Bertz CT molecular complexity index is 606. The molecule has 1 aliphatic heterocycles. The number of hydrogen-bond acceptors (Lipinski definition) is 7. The van der Waals surface area contributed by atoms with Crippen molar-refractivity contribution in [1.29, 1.82) is 0 Å². The third-order valence-electron chi connectivity index (χ3n) is 4.90. The van der Waals surface area contributed by atoms with Crippen LogP contribution in [0, 0.1) is 0 Å². The Morgan fingerprint density at radius 3 is 1.96 bits per heavy atom. The molecule has 0 radical (unpaired) electrons. The van der Waals surface area contributed by atoms with Gasteiger partial charge in [-0.05, 0) is 19.3 Å². The highest BCUT2D eigenvalue weighted by molar-refractivity contribution is 6.38. The van der Waals surface area contributed by atoms with Gasteiger partial charge in [-0.15, -0.1) is 0 Å². The molecule has 0 fully saturated rings. The number of aliphatic imine (C=N–C) groups is 2. The Morgan fingerprint density at radius 2 is 1.38 bits per heavy atom. The van der Waals surface area contributed by atoms with Gasteiger partial charge in [-0.1, -0.05) is 65.2 Å². The van der Waals surface area contributed by atoms with E-state index in [9.17, 15) is 0 Å². The summed E-state index contributed by atoms with van der Waals surface area (Å²) in [6.45, 7) is 4.38. The first kappa shape index (κ1) is 20.3. The van der Waals surface area contributed by atoms with Gasteiger partial charge in [0.2, 0.25) is 11.9 Å². The molecule has 0 saturated carbocycles. The van der Waals surface area contributed by atoms with E-state index in [-0.39, 0.29) is 17.6 Å². The molecule has 7 nitrogen and oxygen atoms in total. The van der Waals surface area contributed by atoms with Crippen LogP contribution in [-0.4, -0.2) is 32.5 Å². The van der Waals surface area contributed by atoms with Crippen molar-refractivity contribution in [3.63, 3.8) is 0 Å². The maximum Gasteiger partial charge on any atom is 0.225 e. The van der Waals surface area contributed by atoms with Gasteiger partial charge in [0, 0.05) is 0 Å². The Balaban J connectivity index is 1.79. The Morgan fingerprint density at radius 1 is 0.808 bits per heavy atom. The van der Waals surface area contributed by atoms with Gasteiger partial charge in [0.1, 0.15) is 5.71 Å². The summed E-state index contributed by atoms with van der Waals surface area (Å²) in [5.74, 6) is 0.620. The SMILES string of the molecule is CCCCCCCCCCCC1(CC)N=CC(c2nc(N)nc(N)n2)=N1. The minimum absolute atomic E-state index is 0.108. The van der Waals surface area contributed by atoms with E-state index in [1.807, 2.05) is 0 Å². The van der Waals surface area contributed by atoms with Crippen molar-refractivity contribution in [2.24, 2.45) is 9.98 Å². The predicted molar refractivity (Wildman–Crippen MR) is 109 cm³/mol. The second-order valence-electron chi connectivity index (χ2n) is 7.05. The second kappa shape index (κ2) is 10.2. The number of anilines is 2. The van der Waals surface area contributed by atoms with E-state index in [2.05, 4.69) is 33.8 Å². The summed E-state index contributed by atoms with van der Waals surface area (Å²) in [7, 11) is 0. The summed E-state index contributed by atoms with van der Waals surface area (Å²) in [6.07, 6.45) is 15.4. The van der Waals surface area contributed by atoms with Crippen molar-refractivity contribution in [1.82, 2.24) is 15.0 Å². The number of nitrogens with zero attached hydrogens (tertiary/aromatic N) is 5. The van der Waals surface area contributed by atoms with Crippen LogP contribution in [0.2, 0.25) is 0 Å². The van der Waals surface area contributed by atoms with Gasteiger partial charge in [0.25, 0.3) is 0 Å². The normalized spacial score (nSPS) is 19.1. The van der Waals surface area contributed by atoms with Crippen molar-refractivity contribution in [2.75, 3.05) is 11.5 Å². The zero-order valence-electron chi connectivity index (χ0n) is 16.2. The number of nitrogens with two attached hydrogens (primary N) is 2. The van der Waals surface area contributed by atoms with E-state index in [1.165, 1.54) is 51.4 Å². The quantitative estimate of drug-likeness (QED) is 0.548. The summed E-state index contributed by atoms with van der Waals surface area (Å²) < 4.78 is 0. The summed E-state index contributed by atoms with van der Waals surface area (Å²) in [6, 6.07) is 0. The van der Waals surface area contributed by atoms with Crippen LogP contribution in [0.15, 0.2) is 9.98 Å². The fraction of sp³-hybridized carbons (Fsp3) is 0.737. The van der Waals surface area contributed by atoms with Crippen molar-refractivity contribution >= 4 is 23.8 Å². The van der Waals surface area contributed by atoms with Gasteiger partial charge in [-0.25, -0.2) is 0 Å². The molecule has 0 spiro atoms. The molecule has 0 aromatic carbocycles. The van der Waals surface area contributed by atoms with Crippen molar-refractivity contribution in [3.05, 3.63) is 5.82 Å². The molecule has 0 amide bonds. The van der Waals surface area contributed by atoms with Gasteiger partial charge in [0.15, 0.2) is 11.5 Å². The maximum absolute atomic E-state index is 5.65. The highest BCUT2D eigenvalue weighted by Crippen LogP contribution is 2.29. The summed E-state index contributed by atoms with van der Waals surface area (Å²) in [5.41, 5.74) is 11.6. The highest BCUT2D eigenvalue weighted by atomic mass is 15.2. The molecule has 1 aromatic rings. The monoisotopic (exact) mass is 359 g/mol. The molecule has 0 saturated heterocycles. The third-order valence-corrected chi connectivity index (χ3v) is 4.90. The van der Waals surface area contributed by atoms with Crippen molar-refractivity contribution in [2.45, 2.75) is 90.1 Å². The fourth-order valence-corrected chi connectivity index (χ4v) is 3.28. The van der Waals surface area contributed by atoms with E-state index < -0.39 is 0 Å². The van der Waals surface area contributed by atoms with E-state index in [4.69, 9.17) is 16.5 Å². The van der Waals surface area contributed by atoms with Gasteiger partial charge in [-0.2, -0.15) is 15.0 Å². The average molecular weight is 360 g/mol. The van der Waals surface area contributed by atoms with Crippen molar-refractivity contribution < 1.29 is 0 Å². The van der Waals surface area contributed by atoms with Crippen LogP contribution in [0.4, 0.5) is 11.9 Å². The first-order valence-corrected chi connectivity index (χ1v) is 10.0.